The average Bonchev–Trinajstić information content (AvgIpc) is 3.57. The molecule has 2 aromatic carbocycles. The first-order valence-corrected chi connectivity index (χ1v) is 11.9. The van der Waals surface area contributed by atoms with Crippen LogP contribution in [0.3, 0.4) is 0 Å². The van der Waals surface area contributed by atoms with Gasteiger partial charge in [-0.3, -0.25) is 9.59 Å². The van der Waals surface area contributed by atoms with Gasteiger partial charge in [0.15, 0.2) is 0 Å². The minimum Gasteiger partial charge on any atom is -0.467 e. The van der Waals surface area contributed by atoms with Crippen molar-refractivity contribution in [1.29, 1.82) is 0 Å². The molecule has 2 heterocycles. The Labute approximate surface area is 201 Å². The lowest BCUT2D eigenvalue weighted by molar-refractivity contribution is -0.142. The van der Waals surface area contributed by atoms with Crippen LogP contribution in [-0.2, 0) is 33.8 Å². The van der Waals surface area contributed by atoms with Gasteiger partial charge in [0.2, 0.25) is 11.8 Å². The van der Waals surface area contributed by atoms with Crippen LogP contribution in [0.25, 0.3) is 0 Å². The summed E-state index contributed by atoms with van der Waals surface area (Å²) in [7, 11) is 0. The molecular formula is C28H32N2O4. The smallest absolute Gasteiger partial charge is 0.242 e. The fraction of sp³-hybridized carbons (Fsp3) is 0.357. The molecule has 34 heavy (non-hydrogen) atoms. The van der Waals surface area contributed by atoms with E-state index in [1.54, 1.807) is 16.1 Å². The summed E-state index contributed by atoms with van der Waals surface area (Å²) in [4.78, 5) is 30.1. The fourth-order valence-electron chi connectivity index (χ4n) is 4.23. The number of hydrogen-bond acceptors (Lipinski definition) is 4. The van der Waals surface area contributed by atoms with E-state index in [2.05, 4.69) is 0 Å². The summed E-state index contributed by atoms with van der Waals surface area (Å²) in [5, 5.41) is 0. The van der Waals surface area contributed by atoms with Crippen molar-refractivity contribution in [2.75, 3.05) is 19.7 Å². The summed E-state index contributed by atoms with van der Waals surface area (Å²) in [6.07, 6.45) is 4.51. The van der Waals surface area contributed by atoms with Gasteiger partial charge in [-0.15, -0.1) is 0 Å². The standard InChI is InChI=1S/C28H32N2O4/c31-27(16-15-23-9-3-1-4-10-23)30(21-26-14-8-18-34-26)22-28(32)29(20-25-13-7-17-33-25)19-24-11-5-2-6-12-24/h1-7,9-13,17,26H,8,14-16,18-22H2. The van der Waals surface area contributed by atoms with Crippen LogP contribution in [0, 0.1) is 0 Å². The van der Waals surface area contributed by atoms with E-state index in [0.717, 1.165) is 24.0 Å². The van der Waals surface area contributed by atoms with Crippen molar-refractivity contribution in [2.24, 2.45) is 0 Å². The van der Waals surface area contributed by atoms with Gasteiger partial charge in [0.25, 0.3) is 0 Å². The molecule has 0 bridgehead atoms. The maximum absolute atomic E-state index is 13.5. The summed E-state index contributed by atoms with van der Waals surface area (Å²) >= 11 is 0. The van der Waals surface area contributed by atoms with Crippen LogP contribution >= 0.6 is 0 Å². The molecule has 2 amide bonds. The molecule has 0 spiro atoms. The van der Waals surface area contributed by atoms with Crippen molar-refractivity contribution < 1.29 is 18.7 Å². The summed E-state index contributed by atoms with van der Waals surface area (Å²) in [6, 6.07) is 23.5. The topological polar surface area (TPSA) is 63.0 Å². The average molecular weight is 461 g/mol. The van der Waals surface area contributed by atoms with E-state index in [1.165, 1.54) is 0 Å². The van der Waals surface area contributed by atoms with E-state index in [-0.39, 0.29) is 24.5 Å². The van der Waals surface area contributed by atoms with Crippen molar-refractivity contribution in [1.82, 2.24) is 9.80 Å². The SMILES string of the molecule is O=C(CN(CC1CCCO1)C(=O)CCc1ccccc1)N(Cc1ccccc1)Cc1ccco1. The quantitative estimate of drug-likeness (QED) is 0.424. The van der Waals surface area contributed by atoms with Gasteiger partial charge >= 0.3 is 0 Å². The second-order valence-electron chi connectivity index (χ2n) is 8.71. The fourth-order valence-corrected chi connectivity index (χ4v) is 4.23. The maximum Gasteiger partial charge on any atom is 0.242 e. The molecule has 0 saturated carbocycles. The number of amides is 2. The van der Waals surface area contributed by atoms with Crippen LogP contribution in [0.4, 0.5) is 0 Å². The minimum atomic E-state index is -0.105. The lowest BCUT2D eigenvalue weighted by Crippen LogP contribution is -2.45. The Kier molecular flexibility index (Phi) is 8.52. The zero-order valence-corrected chi connectivity index (χ0v) is 19.5. The van der Waals surface area contributed by atoms with E-state index in [4.69, 9.17) is 9.15 Å². The third-order valence-corrected chi connectivity index (χ3v) is 6.09. The van der Waals surface area contributed by atoms with E-state index >= 15 is 0 Å². The molecule has 178 valence electrons. The van der Waals surface area contributed by atoms with Gasteiger partial charge in [0.1, 0.15) is 5.76 Å². The van der Waals surface area contributed by atoms with Gasteiger partial charge in [0, 0.05) is 26.1 Å². The second-order valence-corrected chi connectivity index (χ2v) is 8.71. The Hall–Kier alpha value is -3.38. The summed E-state index contributed by atoms with van der Waals surface area (Å²) in [6.45, 7) is 1.99. The molecule has 1 unspecified atom stereocenters. The van der Waals surface area contributed by atoms with Crippen molar-refractivity contribution >= 4 is 11.8 Å². The molecule has 1 aliphatic rings. The van der Waals surface area contributed by atoms with E-state index < -0.39 is 0 Å². The van der Waals surface area contributed by atoms with E-state index in [0.29, 0.717) is 44.8 Å². The molecule has 0 N–H and O–H groups in total. The third-order valence-electron chi connectivity index (χ3n) is 6.09. The Bertz CT molecular complexity index is 1020. The first-order chi connectivity index (χ1) is 16.7. The van der Waals surface area contributed by atoms with Crippen LogP contribution in [0.5, 0.6) is 0 Å². The number of rotatable bonds is 11. The number of aryl methyl sites for hydroxylation is 1. The minimum absolute atomic E-state index is 0.0128. The Balaban J connectivity index is 1.45. The monoisotopic (exact) mass is 460 g/mol. The number of carbonyl (C=O) groups excluding carboxylic acids is 2. The molecule has 3 aromatic rings. The highest BCUT2D eigenvalue weighted by molar-refractivity contribution is 5.85. The van der Waals surface area contributed by atoms with E-state index in [1.807, 2.05) is 72.8 Å². The van der Waals surface area contributed by atoms with Crippen molar-refractivity contribution in [3.05, 3.63) is 95.9 Å². The molecule has 1 aliphatic heterocycles. The predicted octanol–water partition coefficient (Wildman–Crippen LogP) is 4.45. The molecule has 1 fully saturated rings. The summed E-state index contributed by atoms with van der Waals surface area (Å²) in [5.74, 6) is 0.585. The highest BCUT2D eigenvalue weighted by Crippen LogP contribution is 2.16. The third kappa shape index (κ3) is 7.06. The predicted molar refractivity (Wildman–Crippen MR) is 130 cm³/mol. The first-order valence-electron chi connectivity index (χ1n) is 11.9. The molecule has 1 saturated heterocycles. The molecule has 1 atom stereocenters. The maximum atomic E-state index is 13.5. The van der Waals surface area contributed by atoms with Gasteiger partial charge in [0.05, 0.1) is 25.5 Å². The molecule has 0 aliphatic carbocycles. The molecule has 0 radical (unpaired) electrons. The Morgan fingerprint density at radius 1 is 0.824 bits per heavy atom. The number of furan rings is 1. The zero-order valence-electron chi connectivity index (χ0n) is 19.5. The van der Waals surface area contributed by atoms with Gasteiger partial charge in [-0.1, -0.05) is 60.7 Å². The Morgan fingerprint density at radius 2 is 1.56 bits per heavy atom. The number of ether oxygens (including phenoxy) is 1. The molecular weight excluding hydrogens is 428 g/mol. The summed E-state index contributed by atoms with van der Waals surface area (Å²) < 4.78 is 11.3. The molecule has 4 rings (SSSR count). The zero-order chi connectivity index (χ0) is 23.6. The largest absolute Gasteiger partial charge is 0.467 e. The van der Waals surface area contributed by atoms with Crippen LogP contribution < -0.4 is 0 Å². The highest BCUT2D eigenvalue weighted by atomic mass is 16.5. The summed E-state index contributed by atoms with van der Waals surface area (Å²) in [5.41, 5.74) is 2.14. The molecule has 6 nitrogen and oxygen atoms in total. The highest BCUT2D eigenvalue weighted by Gasteiger charge is 2.26. The number of hydrogen-bond donors (Lipinski definition) is 0. The van der Waals surface area contributed by atoms with E-state index in [9.17, 15) is 9.59 Å². The van der Waals surface area contributed by atoms with Gasteiger partial charge < -0.3 is 19.0 Å². The van der Waals surface area contributed by atoms with Gasteiger partial charge in [-0.05, 0) is 42.5 Å². The molecule has 1 aromatic heterocycles. The Morgan fingerprint density at radius 3 is 2.21 bits per heavy atom. The van der Waals surface area contributed by atoms with Crippen molar-refractivity contribution in [3.63, 3.8) is 0 Å². The first kappa shape index (κ1) is 23.8. The van der Waals surface area contributed by atoms with Crippen LogP contribution in [0.15, 0.2) is 83.5 Å². The number of carbonyl (C=O) groups is 2. The normalized spacial score (nSPS) is 15.2. The van der Waals surface area contributed by atoms with Gasteiger partial charge in [-0.2, -0.15) is 0 Å². The lowest BCUT2D eigenvalue weighted by atomic mass is 10.1. The van der Waals surface area contributed by atoms with Crippen LogP contribution in [0.2, 0.25) is 0 Å². The molecule has 6 heteroatoms. The van der Waals surface area contributed by atoms with Crippen LogP contribution in [-0.4, -0.2) is 47.4 Å². The second kappa shape index (κ2) is 12.2. The number of benzene rings is 2. The van der Waals surface area contributed by atoms with Crippen molar-refractivity contribution in [2.45, 2.75) is 44.9 Å². The van der Waals surface area contributed by atoms with Crippen LogP contribution in [0.1, 0.15) is 36.1 Å². The van der Waals surface area contributed by atoms with Gasteiger partial charge in [-0.25, -0.2) is 0 Å². The van der Waals surface area contributed by atoms with Crippen molar-refractivity contribution in [3.8, 4) is 0 Å². The lowest BCUT2D eigenvalue weighted by Gasteiger charge is -2.29. The number of nitrogens with zero attached hydrogens (tertiary/aromatic N) is 2.